The Morgan fingerprint density at radius 1 is 1.29 bits per heavy atom. The summed E-state index contributed by atoms with van der Waals surface area (Å²) in [5.74, 6) is -1.18. The molecule has 0 aliphatic carbocycles. The Morgan fingerprint density at radius 2 is 2.10 bits per heavy atom. The second-order valence-electron chi connectivity index (χ2n) is 7.75. The second kappa shape index (κ2) is 7.11. The molecule has 3 aromatic rings. The van der Waals surface area contributed by atoms with Gasteiger partial charge in [-0.05, 0) is 36.6 Å². The van der Waals surface area contributed by atoms with Crippen LogP contribution in [0.2, 0.25) is 0 Å². The first kappa shape index (κ1) is 19.6. The number of benzene rings is 1. The molecule has 8 heteroatoms. The number of cyclic esters (lactones) is 1. The van der Waals surface area contributed by atoms with Gasteiger partial charge in [0.1, 0.15) is 12.4 Å². The van der Waals surface area contributed by atoms with Crippen molar-refractivity contribution in [2.24, 2.45) is 0 Å². The highest BCUT2D eigenvalue weighted by atomic mass is 19.1. The molecule has 2 aliphatic heterocycles. The molecule has 0 saturated carbocycles. The number of halogens is 1. The molecule has 2 aromatic heterocycles. The van der Waals surface area contributed by atoms with E-state index in [0.717, 1.165) is 16.5 Å². The third-order valence-corrected chi connectivity index (χ3v) is 5.86. The van der Waals surface area contributed by atoms with E-state index in [-0.39, 0.29) is 42.3 Å². The number of aryl methyl sites for hydroxylation is 1. The van der Waals surface area contributed by atoms with Crippen LogP contribution in [0.4, 0.5) is 4.39 Å². The number of rotatable bonds is 3. The van der Waals surface area contributed by atoms with Crippen LogP contribution >= 0.6 is 0 Å². The summed E-state index contributed by atoms with van der Waals surface area (Å²) in [6.45, 7) is 1.73. The third kappa shape index (κ3) is 2.90. The SMILES string of the molecule is Cc1cc2c(/C=C/CCO)c3c(nc2cc1F)-c1cc2c(c(=O)n1C3)COC(=O)[C@H]2O. The molecule has 0 bridgehead atoms. The van der Waals surface area contributed by atoms with E-state index < -0.39 is 12.1 Å². The first-order chi connectivity index (χ1) is 14.9. The molecule has 2 aliphatic rings. The van der Waals surface area contributed by atoms with Crippen molar-refractivity contribution >= 4 is 22.9 Å². The predicted molar refractivity (Wildman–Crippen MR) is 111 cm³/mol. The molecule has 1 aromatic carbocycles. The maximum atomic E-state index is 14.3. The molecule has 0 unspecified atom stereocenters. The molecule has 2 N–H and O–H groups in total. The van der Waals surface area contributed by atoms with Crippen molar-refractivity contribution < 1.29 is 24.1 Å². The van der Waals surface area contributed by atoms with E-state index in [1.54, 1.807) is 19.1 Å². The fourth-order valence-corrected chi connectivity index (χ4v) is 4.25. The molecule has 0 spiro atoms. The summed E-state index contributed by atoms with van der Waals surface area (Å²) >= 11 is 0. The highest BCUT2D eigenvalue weighted by molar-refractivity contribution is 5.94. The average Bonchev–Trinajstić information content (AvgIpc) is 3.11. The van der Waals surface area contributed by atoms with E-state index in [2.05, 4.69) is 4.98 Å². The van der Waals surface area contributed by atoms with Gasteiger partial charge in [0.15, 0.2) is 6.10 Å². The highest BCUT2D eigenvalue weighted by Gasteiger charge is 2.34. The summed E-state index contributed by atoms with van der Waals surface area (Å²) in [7, 11) is 0. The molecule has 1 atom stereocenters. The van der Waals surface area contributed by atoms with Crippen LogP contribution in [-0.4, -0.2) is 32.3 Å². The van der Waals surface area contributed by atoms with Gasteiger partial charge in [0, 0.05) is 29.2 Å². The van der Waals surface area contributed by atoms with E-state index >= 15 is 0 Å². The molecular formula is C23H19FN2O5. The Labute approximate surface area is 176 Å². The minimum atomic E-state index is -1.53. The normalized spacial score (nSPS) is 17.0. The van der Waals surface area contributed by atoms with Crippen LogP contribution in [0.25, 0.3) is 28.4 Å². The molecule has 0 saturated heterocycles. The molecule has 7 nitrogen and oxygen atoms in total. The van der Waals surface area contributed by atoms with Gasteiger partial charge in [-0.15, -0.1) is 0 Å². The number of hydrogen-bond acceptors (Lipinski definition) is 6. The fourth-order valence-electron chi connectivity index (χ4n) is 4.25. The van der Waals surface area contributed by atoms with Gasteiger partial charge in [-0.25, -0.2) is 14.2 Å². The quantitative estimate of drug-likeness (QED) is 0.492. The van der Waals surface area contributed by atoms with Crippen LogP contribution in [0.5, 0.6) is 0 Å². The van der Waals surface area contributed by atoms with E-state index in [1.807, 2.05) is 12.2 Å². The predicted octanol–water partition coefficient (Wildman–Crippen LogP) is 2.36. The van der Waals surface area contributed by atoms with Crippen LogP contribution in [0.15, 0.2) is 29.1 Å². The molecular weight excluding hydrogens is 403 g/mol. The molecule has 4 heterocycles. The van der Waals surface area contributed by atoms with Crippen LogP contribution in [0.1, 0.15) is 40.3 Å². The van der Waals surface area contributed by atoms with Crippen molar-refractivity contribution in [3.8, 4) is 11.4 Å². The topological polar surface area (TPSA) is 102 Å². The van der Waals surface area contributed by atoms with Gasteiger partial charge in [0.25, 0.3) is 5.56 Å². The standard InChI is InChI=1S/C23H19FN2O5/c1-11-6-13-12(4-2-3-5-27)15-9-26-19(20(15)25-18(13)8-17(11)24)7-14-16(22(26)29)10-31-23(30)21(14)28/h2,4,6-8,21,27-28H,3,5,9-10H2,1H3/b4-2+/t21-/m0/s1. The number of fused-ring (bicyclic) bond motifs is 5. The minimum absolute atomic E-state index is 0.00627. The number of esters is 1. The molecule has 31 heavy (non-hydrogen) atoms. The van der Waals surface area contributed by atoms with Crippen molar-refractivity contribution in [3.63, 3.8) is 0 Å². The maximum absolute atomic E-state index is 14.3. The van der Waals surface area contributed by atoms with Crippen LogP contribution in [0, 0.1) is 12.7 Å². The first-order valence-electron chi connectivity index (χ1n) is 9.92. The number of aromatic nitrogens is 2. The zero-order valence-electron chi connectivity index (χ0n) is 16.7. The van der Waals surface area contributed by atoms with Gasteiger partial charge >= 0.3 is 5.97 Å². The van der Waals surface area contributed by atoms with Gasteiger partial charge in [-0.2, -0.15) is 0 Å². The summed E-state index contributed by atoms with van der Waals surface area (Å²) < 4.78 is 20.7. The Bertz CT molecular complexity index is 1360. The lowest BCUT2D eigenvalue weighted by Gasteiger charge is -2.21. The van der Waals surface area contributed by atoms with Gasteiger partial charge in [0.05, 0.1) is 29.0 Å². The lowest BCUT2D eigenvalue weighted by atomic mass is 9.97. The number of pyridine rings is 2. The molecule has 5 rings (SSSR count). The van der Waals surface area contributed by atoms with Gasteiger partial charge in [-0.1, -0.05) is 12.2 Å². The largest absolute Gasteiger partial charge is 0.458 e. The Hall–Kier alpha value is -3.36. The fraction of sp³-hybridized carbons (Fsp3) is 0.261. The summed E-state index contributed by atoms with van der Waals surface area (Å²) in [5.41, 5.74) is 3.57. The lowest BCUT2D eigenvalue weighted by molar-refractivity contribution is -0.157. The van der Waals surface area contributed by atoms with Crippen molar-refractivity contribution in [2.45, 2.75) is 32.6 Å². The molecule has 0 amide bonds. The number of aliphatic hydroxyl groups is 2. The second-order valence-corrected chi connectivity index (χ2v) is 7.75. The number of carbonyl (C=O) groups is 1. The number of nitrogens with zero attached hydrogens (tertiary/aromatic N) is 2. The summed E-state index contributed by atoms with van der Waals surface area (Å²) in [6, 6.07) is 4.68. The van der Waals surface area contributed by atoms with Gasteiger partial charge in [-0.3, -0.25) is 4.79 Å². The Morgan fingerprint density at radius 3 is 2.87 bits per heavy atom. The average molecular weight is 422 g/mol. The zero-order valence-corrected chi connectivity index (χ0v) is 16.7. The van der Waals surface area contributed by atoms with E-state index in [1.165, 1.54) is 10.6 Å². The summed E-state index contributed by atoms with van der Waals surface area (Å²) in [6.07, 6.45) is 2.59. The first-order valence-corrected chi connectivity index (χ1v) is 9.92. The van der Waals surface area contributed by atoms with Crippen molar-refractivity contribution in [2.75, 3.05) is 6.61 Å². The molecule has 0 fully saturated rings. The molecule has 158 valence electrons. The van der Waals surface area contributed by atoms with Crippen molar-refractivity contribution in [3.05, 3.63) is 68.3 Å². The highest BCUT2D eigenvalue weighted by Crippen LogP contribution is 2.38. The van der Waals surface area contributed by atoms with Gasteiger partial charge in [0.2, 0.25) is 0 Å². The number of hydrogen-bond donors (Lipinski definition) is 2. The van der Waals surface area contributed by atoms with E-state index in [9.17, 15) is 19.1 Å². The molecule has 0 radical (unpaired) electrons. The monoisotopic (exact) mass is 422 g/mol. The van der Waals surface area contributed by atoms with Crippen LogP contribution in [0.3, 0.4) is 0 Å². The van der Waals surface area contributed by atoms with Crippen LogP contribution < -0.4 is 5.56 Å². The maximum Gasteiger partial charge on any atom is 0.340 e. The smallest absolute Gasteiger partial charge is 0.340 e. The number of ether oxygens (including phenoxy) is 1. The van der Waals surface area contributed by atoms with Crippen LogP contribution in [-0.2, 0) is 22.7 Å². The number of aliphatic hydroxyl groups excluding tert-OH is 2. The van der Waals surface area contributed by atoms with E-state index in [0.29, 0.717) is 28.9 Å². The minimum Gasteiger partial charge on any atom is -0.458 e. The van der Waals surface area contributed by atoms with Crippen molar-refractivity contribution in [1.29, 1.82) is 0 Å². The number of carbonyl (C=O) groups excluding carboxylic acids is 1. The Balaban J connectivity index is 1.80. The van der Waals surface area contributed by atoms with E-state index in [4.69, 9.17) is 9.84 Å². The van der Waals surface area contributed by atoms with Crippen molar-refractivity contribution in [1.82, 2.24) is 9.55 Å². The van der Waals surface area contributed by atoms with Gasteiger partial charge < -0.3 is 19.5 Å². The zero-order chi connectivity index (χ0) is 21.9. The third-order valence-electron chi connectivity index (χ3n) is 5.86. The lowest BCUT2D eigenvalue weighted by Crippen LogP contribution is -2.32. The summed E-state index contributed by atoms with van der Waals surface area (Å²) in [5, 5.41) is 20.1. The Kier molecular flexibility index (Phi) is 4.49. The summed E-state index contributed by atoms with van der Waals surface area (Å²) in [4.78, 5) is 29.6.